The summed E-state index contributed by atoms with van der Waals surface area (Å²) in [6.45, 7) is 3.46. The van der Waals surface area contributed by atoms with Crippen LogP contribution in [0.25, 0.3) is 0 Å². The van der Waals surface area contributed by atoms with Crippen LogP contribution in [0.4, 0.5) is 0 Å². The molecule has 2 aliphatic rings. The summed E-state index contributed by atoms with van der Waals surface area (Å²) in [5.74, 6) is 0.748. The van der Waals surface area contributed by atoms with Crippen molar-refractivity contribution in [2.45, 2.75) is 57.0 Å². The van der Waals surface area contributed by atoms with Gasteiger partial charge in [0.05, 0.1) is 5.54 Å². The largest absolute Gasteiger partial charge is 0.381 e. The molecule has 98 valence electrons. The minimum atomic E-state index is -0.696. The van der Waals surface area contributed by atoms with Crippen LogP contribution in [0.1, 0.15) is 45.4 Å². The summed E-state index contributed by atoms with van der Waals surface area (Å²) in [5, 5.41) is 3.14. The van der Waals surface area contributed by atoms with Crippen molar-refractivity contribution in [2.24, 2.45) is 11.7 Å². The first kappa shape index (κ1) is 12.8. The molecule has 1 aliphatic heterocycles. The van der Waals surface area contributed by atoms with E-state index in [1.54, 1.807) is 0 Å². The first-order chi connectivity index (χ1) is 8.10. The molecule has 3 N–H and O–H groups in total. The van der Waals surface area contributed by atoms with Crippen LogP contribution < -0.4 is 11.1 Å². The van der Waals surface area contributed by atoms with E-state index >= 15 is 0 Å². The van der Waals surface area contributed by atoms with Crippen LogP contribution in [-0.2, 0) is 9.53 Å². The molecule has 17 heavy (non-hydrogen) atoms. The van der Waals surface area contributed by atoms with Crippen molar-refractivity contribution in [1.82, 2.24) is 5.32 Å². The van der Waals surface area contributed by atoms with Gasteiger partial charge in [0.1, 0.15) is 0 Å². The molecule has 0 aromatic rings. The number of carbonyl (C=O) groups is 1. The second-order valence-corrected chi connectivity index (χ2v) is 5.71. The maximum atomic E-state index is 12.2. The van der Waals surface area contributed by atoms with E-state index < -0.39 is 5.54 Å². The van der Waals surface area contributed by atoms with Gasteiger partial charge in [-0.3, -0.25) is 4.79 Å². The van der Waals surface area contributed by atoms with Crippen LogP contribution in [0.5, 0.6) is 0 Å². The van der Waals surface area contributed by atoms with Crippen molar-refractivity contribution >= 4 is 5.91 Å². The molecule has 1 aliphatic carbocycles. The number of hydrogen-bond acceptors (Lipinski definition) is 3. The first-order valence-electron chi connectivity index (χ1n) is 6.78. The standard InChI is InChI=1S/C13H24N2O2/c1-10-3-2-4-11(9-10)15-12(16)13(14)5-7-17-8-6-13/h10-11H,2-9,14H2,1H3,(H,15,16). The average molecular weight is 240 g/mol. The van der Waals surface area contributed by atoms with Gasteiger partial charge in [0.15, 0.2) is 0 Å². The molecule has 2 rings (SSSR count). The summed E-state index contributed by atoms with van der Waals surface area (Å²) in [6.07, 6.45) is 5.98. The Balaban J connectivity index is 1.87. The van der Waals surface area contributed by atoms with Crippen LogP contribution in [0.2, 0.25) is 0 Å². The van der Waals surface area contributed by atoms with Crippen molar-refractivity contribution in [3.05, 3.63) is 0 Å². The second kappa shape index (κ2) is 5.36. The van der Waals surface area contributed by atoms with E-state index in [1.165, 1.54) is 12.8 Å². The van der Waals surface area contributed by atoms with Crippen LogP contribution in [0.3, 0.4) is 0 Å². The average Bonchev–Trinajstić information content (AvgIpc) is 2.30. The van der Waals surface area contributed by atoms with Crippen LogP contribution in [0, 0.1) is 5.92 Å². The van der Waals surface area contributed by atoms with E-state index in [4.69, 9.17) is 10.5 Å². The highest BCUT2D eigenvalue weighted by atomic mass is 16.5. The summed E-state index contributed by atoms with van der Waals surface area (Å²) in [6, 6.07) is 0.328. The van der Waals surface area contributed by atoms with Gasteiger partial charge in [-0.25, -0.2) is 0 Å². The van der Waals surface area contributed by atoms with Gasteiger partial charge < -0.3 is 15.8 Å². The zero-order valence-electron chi connectivity index (χ0n) is 10.7. The highest BCUT2D eigenvalue weighted by Crippen LogP contribution is 2.25. The van der Waals surface area contributed by atoms with Crippen molar-refractivity contribution in [3.8, 4) is 0 Å². The van der Waals surface area contributed by atoms with E-state index in [2.05, 4.69) is 12.2 Å². The fourth-order valence-electron chi connectivity index (χ4n) is 2.86. The van der Waals surface area contributed by atoms with Gasteiger partial charge in [-0.2, -0.15) is 0 Å². The van der Waals surface area contributed by atoms with Crippen molar-refractivity contribution < 1.29 is 9.53 Å². The van der Waals surface area contributed by atoms with Crippen molar-refractivity contribution in [2.75, 3.05) is 13.2 Å². The number of rotatable bonds is 2. The van der Waals surface area contributed by atoms with E-state index in [0.717, 1.165) is 18.8 Å². The highest BCUT2D eigenvalue weighted by molar-refractivity contribution is 5.86. The molecule has 0 radical (unpaired) electrons. The lowest BCUT2D eigenvalue weighted by molar-refractivity contribution is -0.130. The molecule has 0 aromatic carbocycles. The Morgan fingerprint density at radius 2 is 2.06 bits per heavy atom. The molecule has 0 aromatic heterocycles. The Morgan fingerprint density at radius 1 is 1.35 bits per heavy atom. The Labute approximate surface area is 103 Å². The second-order valence-electron chi connectivity index (χ2n) is 5.71. The molecule has 4 nitrogen and oxygen atoms in total. The molecule has 4 heteroatoms. The number of carbonyl (C=O) groups excluding carboxylic acids is 1. The number of ether oxygens (including phenoxy) is 1. The molecule has 0 spiro atoms. The number of nitrogens with two attached hydrogens (primary N) is 1. The van der Waals surface area contributed by atoms with Gasteiger partial charge in [0.2, 0.25) is 5.91 Å². The molecular formula is C13H24N2O2. The van der Waals surface area contributed by atoms with Crippen LogP contribution in [0.15, 0.2) is 0 Å². The molecule has 0 bridgehead atoms. The summed E-state index contributed by atoms with van der Waals surface area (Å²) in [4.78, 5) is 12.2. The summed E-state index contributed by atoms with van der Waals surface area (Å²) in [5.41, 5.74) is 5.47. The normalized spacial score (nSPS) is 33.1. The lowest BCUT2D eigenvalue weighted by Gasteiger charge is -2.35. The molecule has 1 saturated carbocycles. The Morgan fingerprint density at radius 3 is 2.71 bits per heavy atom. The zero-order chi connectivity index (χ0) is 12.3. The fraction of sp³-hybridized carbons (Fsp3) is 0.923. The monoisotopic (exact) mass is 240 g/mol. The molecule has 1 heterocycles. The number of amides is 1. The maximum absolute atomic E-state index is 12.2. The number of hydrogen-bond donors (Lipinski definition) is 2. The number of nitrogens with one attached hydrogen (secondary N) is 1. The topological polar surface area (TPSA) is 64.4 Å². The van der Waals surface area contributed by atoms with Gasteiger partial charge in [0, 0.05) is 19.3 Å². The summed E-state index contributed by atoms with van der Waals surface area (Å²) < 4.78 is 5.26. The van der Waals surface area contributed by atoms with E-state index in [0.29, 0.717) is 32.1 Å². The van der Waals surface area contributed by atoms with Gasteiger partial charge in [-0.15, -0.1) is 0 Å². The predicted octanol–water partition coefficient (Wildman–Crippen LogP) is 1.19. The minimum Gasteiger partial charge on any atom is -0.381 e. The van der Waals surface area contributed by atoms with Gasteiger partial charge >= 0.3 is 0 Å². The quantitative estimate of drug-likeness (QED) is 0.762. The summed E-state index contributed by atoms with van der Waals surface area (Å²) in [7, 11) is 0. The Hall–Kier alpha value is -0.610. The maximum Gasteiger partial charge on any atom is 0.240 e. The highest BCUT2D eigenvalue weighted by Gasteiger charge is 2.37. The smallest absolute Gasteiger partial charge is 0.240 e. The van der Waals surface area contributed by atoms with Crippen LogP contribution in [-0.4, -0.2) is 30.7 Å². The van der Waals surface area contributed by atoms with Crippen molar-refractivity contribution in [1.29, 1.82) is 0 Å². The molecule has 2 atom stereocenters. The van der Waals surface area contributed by atoms with E-state index in [-0.39, 0.29) is 5.91 Å². The third-order valence-electron chi connectivity index (χ3n) is 4.11. The van der Waals surface area contributed by atoms with Gasteiger partial charge in [0.25, 0.3) is 0 Å². The molecule has 2 fully saturated rings. The van der Waals surface area contributed by atoms with Crippen LogP contribution >= 0.6 is 0 Å². The Kier molecular flexibility index (Phi) is 4.05. The zero-order valence-corrected chi connectivity index (χ0v) is 10.7. The molecule has 2 unspecified atom stereocenters. The fourth-order valence-corrected chi connectivity index (χ4v) is 2.86. The molecule has 1 amide bonds. The Bertz CT molecular complexity index is 275. The summed E-state index contributed by atoms with van der Waals surface area (Å²) >= 11 is 0. The molecular weight excluding hydrogens is 216 g/mol. The van der Waals surface area contributed by atoms with Gasteiger partial charge in [-0.05, 0) is 31.6 Å². The third kappa shape index (κ3) is 3.19. The van der Waals surface area contributed by atoms with Crippen molar-refractivity contribution in [3.63, 3.8) is 0 Å². The lowest BCUT2D eigenvalue weighted by atomic mass is 9.85. The first-order valence-corrected chi connectivity index (χ1v) is 6.78. The molecule has 1 saturated heterocycles. The van der Waals surface area contributed by atoms with E-state index in [9.17, 15) is 4.79 Å². The van der Waals surface area contributed by atoms with Gasteiger partial charge in [-0.1, -0.05) is 19.8 Å². The van der Waals surface area contributed by atoms with E-state index in [1.807, 2.05) is 0 Å². The predicted molar refractivity (Wildman–Crippen MR) is 66.5 cm³/mol. The lowest BCUT2D eigenvalue weighted by Crippen LogP contribution is -2.59. The third-order valence-corrected chi connectivity index (χ3v) is 4.11. The SMILES string of the molecule is CC1CCCC(NC(=O)C2(N)CCOCC2)C1. The minimum absolute atomic E-state index is 0.0277.